The van der Waals surface area contributed by atoms with Crippen molar-refractivity contribution in [3.05, 3.63) is 71.4 Å². The van der Waals surface area contributed by atoms with Gasteiger partial charge in [0.15, 0.2) is 0 Å². The molecule has 2 atom stereocenters. The maximum absolute atomic E-state index is 12.7. The molecule has 1 aromatic heterocycles. The zero-order chi connectivity index (χ0) is 19.0. The molecular formula is C21H20N2O4. The molecule has 0 radical (unpaired) electrons. The lowest BCUT2D eigenvalue weighted by atomic mass is 9.88. The number of benzene rings is 2. The summed E-state index contributed by atoms with van der Waals surface area (Å²) in [6.45, 7) is -0.674. The second kappa shape index (κ2) is 6.89. The molecule has 3 aromatic rings. The number of esters is 1. The number of carbonyl (C=O) groups excluding carboxylic acids is 2. The third kappa shape index (κ3) is 2.78. The van der Waals surface area contributed by atoms with E-state index in [-0.39, 0.29) is 0 Å². The molecule has 1 aliphatic heterocycles. The summed E-state index contributed by atoms with van der Waals surface area (Å²) in [6, 6.07) is 16.1. The van der Waals surface area contributed by atoms with Crippen LogP contribution in [0.15, 0.2) is 54.6 Å². The number of rotatable bonds is 3. The second-order valence-corrected chi connectivity index (χ2v) is 6.58. The first kappa shape index (κ1) is 17.3. The Morgan fingerprint density at radius 1 is 1.15 bits per heavy atom. The van der Waals surface area contributed by atoms with E-state index in [2.05, 4.69) is 4.98 Å². The van der Waals surface area contributed by atoms with Crippen LogP contribution in [-0.2, 0) is 20.7 Å². The van der Waals surface area contributed by atoms with Crippen molar-refractivity contribution in [2.24, 2.45) is 0 Å². The Kier molecular flexibility index (Phi) is 4.41. The molecule has 0 spiro atoms. The summed E-state index contributed by atoms with van der Waals surface area (Å²) < 4.78 is 4.98. The third-order valence-corrected chi connectivity index (χ3v) is 5.14. The predicted molar refractivity (Wildman–Crippen MR) is 100 cm³/mol. The SMILES string of the molecule is COC(=O)[C@@H]1Cc2c([nH]c3ccccc23)C(c2ccccc2)N1C(=O)CO. The molecule has 0 aliphatic carbocycles. The highest BCUT2D eigenvalue weighted by molar-refractivity contribution is 5.91. The molecule has 2 N–H and O–H groups in total. The zero-order valence-corrected chi connectivity index (χ0v) is 14.9. The van der Waals surface area contributed by atoms with Crippen molar-refractivity contribution in [2.45, 2.75) is 18.5 Å². The summed E-state index contributed by atoms with van der Waals surface area (Å²) in [5.41, 5.74) is 3.67. The molecule has 6 heteroatoms. The molecule has 0 bridgehead atoms. The topological polar surface area (TPSA) is 82.6 Å². The molecule has 2 aromatic carbocycles. The molecule has 2 heterocycles. The van der Waals surface area contributed by atoms with Crippen molar-refractivity contribution in [1.82, 2.24) is 9.88 Å². The highest BCUT2D eigenvalue weighted by atomic mass is 16.5. The van der Waals surface area contributed by atoms with Gasteiger partial charge in [-0.15, -0.1) is 0 Å². The van der Waals surface area contributed by atoms with Crippen LogP contribution < -0.4 is 0 Å². The quantitative estimate of drug-likeness (QED) is 0.698. The first-order valence-electron chi connectivity index (χ1n) is 8.80. The standard InChI is InChI=1S/C21H20N2O4/c1-27-21(26)17-11-15-14-9-5-6-10-16(14)22-19(15)20(23(17)18(25)12-24)13-7-3-2-4-8-13/h2-10,17,20,22,24H,11-12H2,1H3/t17-,20?/m0/s1. The van der Waals surface area contributed by atoms with Crippen LogP contribution in [0.2, 0.25) is 0 Å². The maximum atomic E-state index is 12.7. The zero-order valence-electron chi connectivity index (χ0n) is 14.9. The van der Waals surface area contributed by atoms with E-state index in [9.17, 15) is 14.7 Å². The van der Waals surface area contributed by atoms with Gasteiger partial charge in [0.1, 0.15) is 12.6 Å². The average molecular weight is 364 g/mol. The molecule has 1 aliphatic rings. The van der Waals surface area contributed by atoms with Crippen molar-refractivity contribution >= 4 is 22.8 Å². The van der Waals surface area contributed by atoms with E-state index in [4.69, 9.17) is 4.74 Å². The predicted octanol–water partition coefficient (Wildman–Crippen LogP) is 2.18. The van der Waals surface area contributed by atoms with Crippen LogP contribution in [0.5, 0.6) is 0 Å². The molecule has 0 fully saturated rings. The molecule has 1 amide bonds. The maximum Gasteiger partial charge on any atom is 0.328 e. The summed E-state index contributed by atoms with van der Waals surface area (Å²) in [7, 11) is 1.31. The molecule has 27 heavy (non-hydrogen) atoms. The number of aromatic nitrogens is 1. The summed E-state index contributed by atoms with van der Waals surface area (Å²) >= 11 is 0. The summed E-state index contributed by atoms with van der Waals surface area (Å²) in [5, 5.41) is 10.6. The fourth-order valence-electron chi connectivity index (χ4n) is 3.98. The van der Waals surface area contributed by atoms with Gasteiger partial charge in [-0.05, 0) is 17.2 Å². The van der Waals surface area contributed by atoms with E-state index in [0.29, 0.717) is 6.42 Å². The number of ether oxygens (including phenoxy) is 1. The number of H-pyrrole nitrogens is 1. The van der Waals surface area contributed by atoms with Crippen LogP contribution in [0.3, 0.4) is 0 Å². The van der Waals surface area contributed by atoms with Gasteiger partial charge < -0.3 is 19.7 Å². The van der Waals surface area contributed by atoms with E-state index >= 15 is 0 Å². The normalized spacial score (nSPS) is 19.0. The minimum absolute atomic E-state index is 0.334. The van der Waals surface area contributed by atoms with Crippen LogP contribution in [0, 0.1) is 0 Å². The van der Waals surface area contributed by atoms with Crippen molar-refractivity contribution in [2.75, 3.05) is 13.7 Å². The van der Waals surface area contributed by atoms with E-state index in [1.54, 1.807) is 0 Å². The average Bonchev–Trinajstić information content (AvgIpc) is 3.10. The minimum Gasteiger partial charge on any atom is -0.467 e. The van der Waals surface area contributed by atoms with Crippen LogP contribution >= 0.6 is 0 Å². The van der Waals surface area contributed by atoms with Crippen LogP contribution in [0.4, 0.5) is 0 Å². The molecule has 1 unspecified atom stereocenters. The number of nitrogens with zero attached hydrogens (tertiary/aromatic N) is 1. The van der Waals surface area contributed by atoms with E-state index < -0.39 is 30.6 Å². The number of hydrogen-bond donors (Lipinski definition) is 2. The molecule has 6 nitrogen and oxygen atoms in total. The van der Waals surface area contributed by atoms with Crippen molar-refractivity contribution < 1.29 is 19.4 Å². The molecular weight excluding hydrogens is 344 g/mol. The number of amides is 1. The second-order valence-electron chi connectivity index (χ2n) is 6.58. The number of aromatic amines is 1. The van der Waals surface area contributed by atoms with Crippen molar-refractivity contribution in [3.63, 3.8) is 0 Å². The Labute approximate surface area is 156 Å². The van der Waals surface area contributed by atoms with Gasteiger partial charge in [0.2, 0.25) is 5.91 Å². The number of aliphatic hydroxyl groups excluding tert-OH is 1. The Morgan fingerprint density at radius 3 is 2.56 bits per heavy atom. The molecule has 0 saturated carbocycles. The van der Waals surface area contributed by atoms with Gasteiger partial charge in [0.25, 0.3) is 0 Å². The third-order valence-electron chi connectivity index (χ3n) is 5.14. The van der Waals surface area contributed by atoms with Gasteiger partial charge in [0, 0.05) is 23.0 Å². The monoisotopic (exact) mass is 364 g/mol. The number of para-hydroxylation sites is 1. The van der Waals surface area contributed by atoms with E-state index in [1.807, 2.05) is 54.6 Å². The van der Waals surface area contributed by atoms with Crippen molar-refractivity contribution in [3.8, 4) is 0 Å². The molecule has 138 valence electrons. The number of nitrogens with one attached hydrogen (secondary N) is 1. The fourth-order valence-corrected chi connectivity index (χ4v) is 3.98. The molecule has 0 saturated heterocycles. The fraction of sp³-hybridized carbons (Fsp3) is 0.238. The van der Waals surface area contributed by atoms with Gasteiger partial charge in [-0.2, -0.15) is 0 Å². The Hall–Kier alpha value is -3.12. The van der Waals surface area contributed by atoms with E-state index in [1.165, 1.54) is 12.0 Å². The van der Waals surface area contributed by atoms with Crippen molar-refractivity contribution in [1.29, 1.82) is 0 Å². The van der Waals surface area contributed by atoms with E-state index in [0.717, 1.165) is 27.7 Å². The first-order chi connectivity index (χ1) is 13.2. The van der Waals surface area contributed by atoms with Gasteiger partial charge in [-0.3, -0.25) is 4.79 Å². The minimum atomic E-state index is -0.799. The number of carbonyl (C=O) groups is 2. The van der Waals surface area contributed by atoms with Gasteiger partial charge in [-0.25, -0.2) is 4.79 Å². The summed E-state index contributed by atoms with van der Waals surface area (Å²) in [4.78, 5) is 30.1. The lowest BCUT2D eigenvalue weighted by Gasteiger charge is -2.40. The van der Waals surface area contributed by atoms with Crippen LogP contribution in [0.25, 0.3) is 10.9 Å². The summed E-state index contributed by atoms with van der Waals surface area (Å²) in [6.07, 6.45) is 0.334. The highest BCUT2D eigenvalue weighted by Gasteiger charge is 2.43. The lowest BCUT2D eigenvalue weighted by Crippen LogP contribution is -2.52. The number of aliphatic hydroxyl groups is 1. The lowest BCUT2D eigenvalue weighted by molar-refractivity contribution is -0.156. The smallest absolute Gasteiger partial charge is 0.328 e. The Balaban J connectivity index is 1.98. The van der Waals surface area contributed by atoms with Crippen LogP contribution in [0.1, 0.15) is 22.9 Å². The number of fused-ring (bicyclic) bond motifs is 3. The van der Waals surface area contributed by atoms with Gasteiger partial charge in [-0.1, -0.05) is 48.5 Å². The summed E-state index contributed by atoms with van der Waals surface area (Å²) in [5.74, 6) is -1.00. The van der Waals surface area contributed by atoms with Gasteiger partial charge in [0.05, 0.1) is 13.2 Å². The first-order valence-corrected chi connectivity index (χ1v) is 8.80. The molecule has 4 rings (SSSR count). The number of methoxy groups -OCH3 is 1. The largest absolute Gasteiger partial charge is 0.467 e. The van der Waals surface area contributed by atoms with Gasteiger partial charge >= 0.3 is 5.97 Å². The Morgan fingerprint density at radius 2 is 1.85 bits per heavy atom. The number of hydrogen-bond acceptors (Lipinski definition) is 4. The van der Waals surface area contributed by atoms with Crippen LogP contribution in [-0.4, -0.2) is 46.6 Å². The highest BCUT2D eigenvalue weighted by Crippen LogP contribution is 2.41. The Bertz CT molecular complexity index is 996.